The van der Waals surface area contributed by atoms with Crippen molar-refractivity contribution in [3.63, 3.8) is 0 Å². The van der Waals surface area contributed by atoms with Crippen LogP contribution in [-0.4, -0.2) is 9.55 Å². The predicted molar refractivity (Wildman–Crippen MR) is 85.6 cm³/mol. The largest absolute Gasteiger partial charge is 0.330 e. The number of nitrogens with zero attached hydrogens (tertiary/aromatic N) is 1. The molecule has 102 valence electrons. The van der Waals surface area contributed by atoms with E-state index in [-0.39, 0.29) is 5.82 Å². The van der Waals surface area contributed by atoms with Crippen LogP contribution >= 0.6 is 28.1 Å². The van der Waals surface area contributed by atoms with Gasteiger partial charge in [-0.05, 0) is 67.5 Å². The van der Waals surface area contributed by atoms with E-state index in [1.807, 2.05) is 30.5 Å². The van der Waals surface area contributed by atoms with Gasteiger partial charge in [0, 0.05) is 4.47 Å². The number of H-pyrrole nitrogens is 1. The van der Waals surface area contributed by atoms with Gasteiger partial charge in [0.15, 0.2) is 4.77 Å². The van der Waals surface area contributed by atoms with Crippen LogP contribution in [0.5, 0.6) is 0 Å². The Balaban J connectivity index is 2.41. The first-order valence-electron chi connectivity index (χ1n) is 6.15. The summed E-state index contributed by atoms with van der Waals surface area (Å²) in [5, 5.41) is 0. The van der Waals surface area contributed by atoms with E-state index in [4.69, 9.17) is 12.2 Å². The average molecular weight is 351 g/mol. The van der Waals surface area contributed by atoms with Crippen LogP contribution < -0.4 is 0 Å². The Morgan fingerprint density at radius 2 is 1.80 bits per heavy atom. The van der Waals surface area contributed by atoms with Gasteiger partial charge in [0.25, 0.3) is 0 Å². The zero-order valence-electron chi connectivity index (χ0n) is 11.0. The maximum atomic E-state index is 13.3. The lowest BCUT2D eigenvalue weighted by Gasteiger charge is -2.12. The molecule has 3 rings (SSSR count). The fraction of sp³-hybridized carbons (Fsp3) is 0.133. The van der Waals surface area contributed by atoms with E-state index >= 15 is 0 Å². The summed E-state index contributed by atoms with van der Waals surface area (Å²) >= 11 is 8.90. The van der Waals surface area contributed by atoms with Gasteiger partial charge >= 0.3 is 0 Å². The molecule has 20 heavy (non-hydrogen) atoms. The Morgan fingerprint density at radius 1 is 1.15 bits per heavy atom. The van der Waals surface area contributed by atoms with E-state index in [0.29, 0.717) is 10.3 Å². The van der Waals surface area contributed by atoms with Crippen molar-refractivity contribution in [3.05, 3.63) is 56.5 Å². The minimum absolute atomic E-state index is 0.273. The summed E-state index contributed by atoms with van der Waals surface area (Å²) in [7, 11) is 0. The van der Waals surface area contributed by atoms with Gasteiger partial charge in [-0.1, -0.05) is 15.9 Å². The van der Waals surface area contributed by atoms with Crippen LogP contribution in [0.2, 0.25) is 0 Å². The lowest BCUT2D eigenvalue weighted by Crippen LogP contribution is -2.00. The van der Waals surface area contributed by atoms with Crippen LogP contribution in [0.3, 0.4) is 0 Å². The van der Waals surface area contributed by atoms with Crippen LogP contribution in [0.25, 0.3) is 16.7 Å². The molecule has 1 heterocycles. The quantitative estimate of drug-likeness (QED) is 0.597. The van der Waals surface area contributed by atoms with Gasteiger partial charge in [0.1, 0.15) is 5.82 Å². The van der Waals surface area contributed by atoms with E-state index in [2.05, 4.69) is 20.9 Å². The molecule has 2 aromatic carbocycles. The number of imidazole rings is 1. The van der Waals surface area contributed by atoms with Gasteiger partial charge in [0.05, 0.1) is 16.7 Å². The molecule has 0 amide bonds. The maximum Gasteiger partial charge on any atom is 0.182 e. The summed E-state index contributed by atoms with van der Waals surface area (Å²) in [6.45, 7) is 4.08. The van der Waals surface area contributed by atoms with Crippen molar-refractivity contribution in [2.24, 2.45) is 0 Å². The van der Waals surface area contributed by atoms with Gasteiger partial charge in [-0.15, -0.1) is 0 Å². The van der Waals surface area contributed by atoms with E-state index < -0.39 is 0 Å². The number of aromatic amines is 1. The zero-order chi connectivity index (χ0) is 14.4. The highest BCUT2D eigenvalue weighted by Gasteiger charge is 2.12. The molecule has 2 nitrogen and oxygen atoms in total. The summed E-state index contributed by atoms with van der Waals surface area (Å²) in [5.74, 6) is -0.273. The molecule has 1 N–H and O–H groups in total. The van der Waals surface area contributed by atoms with Crippen molar-refractivity contribution in [3.8, 4) is 5.69 Å². The first-order valence-corrected chi connectivity index (χ1v) is 7.35. The predicted octanol–water partition coefficient (Wildman–Crippen LogP) is 5.21. The lowest BCUT2D eigenvalue weighted by atomic mass is 10.1. The Labute approximate surface area is 129 Å². The molecule has 0 saturated heterocycles. The van der Waals surface area contributed by atoms with Crippen LogP contribution in [0.15, 0.2) is 34.8 Å². The number of aryl methyl sites for hydroxylation is 2. The van der Waals surface area contributed by atoms with Gasteiger partial charge < -0.3 is 4.98 Å². The summed E-state index contributed by atoms with van der Waals surface area (Å²) in [6.07, 6.45) is 0. The monoisotopic (exact) mass is 350 g/mol. The van der Waals surface area contributed by atoms with Crippen molar-refractivity contribution in [2.45, 2.75) is 13.8 Å². The first kappa shape index (κ1) is 13.5. The van der Waals surface area contributed by atoms with Gasteiger partial charge in [0.2, 0.25) is 0 Å². The fourth-order valence-electron chi connectivity index (χ4n) is 2.56. The Hall–Kier alpha value is -1.46. The molecule has 0 atom stereocenters. The SMILES string of the molecule is Cc1cc(Br)cc(C)c1-n1c(=S)[nH]c2cc(F)ccc21. The minimum atomic E-state index is -0.273. The van der Waals surface area contributed by atoms with Crippen LogP contribution in [0, 0.1) is 24.4 Å². The highest BCUT2D eigenvalue weighted by atomic mass is 79.9. The molecule has 0 unspecified atom stereocenters. The smallest absolute Gasteiger partial charge is 0.182 e. The van der Waals surface area contributed by atoms with E-state index in [0.717, 1.165) is 26.8 Å². The van der Waals surface area contributed by atoms with Gasteiger partial charge in [-0.3, -0.25) is 4.57 Å². The molecule has 0 aliphatic heterocycles. The number of halogens is 2. The molecule has 0 bridgehead atoms. The molecule has 1 aromatic heterocycles. The van der Waals surface area contributed by atoms with Gasteiger partial charge in [-0.25, -0.2) is 4.39 Å². The molecule has 0 aliphatic carbocycles. The second-order valence-electron chi connectivity index (χ2n) is 4.82. The maximum absolute atomic E-state index is 13.3. The molecule has 0 fully saturated rings. The number of rotatable bonds is 1. The third-order valence-electron chi connectivity index (χ3n) is 3.32. The molecule has 0 radical (unpaired) electrons. The molecular formula is C15H12BrFN2S. The third-order valence-corrected chi connectivity index (χ3v) is 4.07. The fourth-order valence-corrected chi connectivity index (χ4v) is 3.55. The standard InChI is InChI=1S/C15H12BrFN2S/c1-8-5-10(16)6-9(2)14(8)19-13-4-3-11(17)7-12(13)18-15(19)20/h3-7H,1-2H3,(H,18,20). The van der Waals surface area contributed by atoms with Crippen LogP contribution in [-0.2, 0) is 0 Å². The Morgan fingerprint density at radius 3 is 2.45 bits per heavy atom. The lowest BCUT2D eigenvalue weighted by molar-refractivity contribution is 0.629. The van der Waals surface area contributed by atoms with Gasteiger partial charge in [-0.2, -0.15) is 0 Å². The molecule has 5 heteroatoms. The Kier molecular flexibility index (Phi) is 3.26. The summed E-state index contributed by atoms with van der Waals surface area (Å²) in [4.78, 5) is 3.06. The third kappa shape index (κ3) is 2.11. The minimum Gasteiger partial charge on any atom is -0.330 e. The van der Waals surface area contributed by atoms with Crippen molar-refractivity contribution in [2.75, 3.05) is 0 Å². The van der Waals surface area contributed by atoms with Crippen molar-refractivity contribution in [1.82, 2.24) is 9.55 Å². The number of fused-ring (bicyclic) bond motifs is 1. The first-order chi connectivity index (χ1) is 9.47. The topological polar surface area (TPSA) is 20.7 Å². The number of aromatic nitrogens is 2. The Bertz CT molecular complexity index is 856. The number of benzene rings is 2. The number of nitrogens with one attached hydrogen (secondary N) is 1. The van der Waals surface area contributed by atoms with Crippen molar-refractivity contribution < 1.29 is 4.39 Å². The van der Waals surface area contributed by atoms with E-state index in [1.54, 1.807) is 6.07 Å². The summed E-state index contributed by atoms with van der Waals surface area (Å²) in [6, 6.07) is 8.76. The van der Waals surface area contributed by atoms with Crippen molar-refractivity contribution in [1.29, 1.82) is 0 Å². The van der Waals surface area contributed by atoms with Crippen LogP contribution in [0.4, 0.5) is 4.39 Å². The second kappa shape index (κ2) is 4.82. The van der Waals surface area contributed by atoms with Crippen molar-refractivity contribution >= 4 is 39.2 Å². The number of hydrogen-bond donors (Lipinski definition) is 1. The highest BCUT2D eigenvalue weighted by molar-refractivity contribution is 9.10. The molecule has 0 aliphatic rings. The zero-order valence-corrected chi connectivity index (χ0v) is 13.4. The van der Waals surface area contributed by atoms with Crippen LogP contribution in [0.1, 0.15) is 11.1 Å². The molecular weight excluding hydrogens is 339 g/mol. The molecule has 0 saturated carbocycles. The highest BCUT2D eigenvalue weighted by Crippen LogP contribution is 2.28. The summed E-state index contributed by atoms with van der Waals surface area (Å²) < 4.78 is 16.9. The normalized spacial score (nSPS) is 11.2. The molecule has 0 spiro atoms. The second-order valence-corrected chi connectivity index (χ2v) is 6.12. The summed E-state index contributed by atoms with van der Waals surface area (Å²) in [5.41, 5.74) is 4.84. The number of hydrogen-bond acceptors (Lipinski definition) is 1. The van der Waals surface area contributed by atoms with E-state index in [9.17, 15) is 4.39 Å². The molecule has 3 aromatic rings. The average Bonchev–Trinajstić information content (AvgIpc) is 2.64. The van der Waals surface area contributed by atoms with E-state index in [1.165, 1.54) is 12.1 Å².